The molecule has 1 rings (SSSR count). The maximum absolute atomic E-state index is 11.7. The molecular weight excluding hydrogens is 290 g/mol. The van der Waals surface area contributed by atoms with Crippen LogP contribution >= 0.6 is 11.6 Å². The fraction of sp³-hybridized carbons (Fsp3) is 0.467. The molecule has 0 aliphatic rings. The van der Waals surface area contributed by atoms with Gasteiger partial charge in [-0.15, -0.1) is 0 Å². The van der Waals surface area contributed by atoms with Gasteiger partial charge in [0, 0.05) is 16.6 Å². The predicted octanol–water partition coefficient (Wildman–Crippen LogP) is 1.59. The van der Waals surface area contributed by atoms with Crippen LogP contribution in [-0.2, 0) is 4.79 Å². The Morgan fingerprint density at radius 1 is 1.29 bits per heavy atom. The van der Waals surface area contributed by atoms with Gasteiger partial charge < -0.3 is 10.6 Å². The molecule has 0 radical (unpaired) electrons. The average molecular weight is 313 g/mol. The van der Waals surface area contributed by atoms with Crippen molar-refractivity contribution in [3.8, 4) is 0 Å². The Labute approximate surface area is 130 Å². The fourth-order valence-electron chi connectivity index (χ4n) is 1.79. The van der Waals surface area contributed by atoms with Gasteiger partial charge in [-0.25, -0.2) is 4.79 Å². The molecule has 0 heterocycles. The first kappa shape index (κ1) is 17.5. The minimum absolute atomic E-state index is 0.0436. The molecule has 0 aliphatic carbocycles. The van der Waals surface area contributed by atoms with Crippen LogP contribution in [0.15, 0.2) is 24.3 Å². The Morgan fingerprint density at radius 3 is 2.57 bits per heavy atom. The van der Waals surface area contributed by atoms with Crippen molar-refractivity contribution in [2.24, 2.45) is 0 Å². The number of benzene rings is 1. The van der Waals surface area contributed by atoms with Crippen LogP contribution in [0.2, 0.25) is 5.02 Å². The molecule has 0 unspecified atom stereocenters. The fourth-order valence-corrected chi connectivity index (χ4v) is 2.10. The van der Waals surface area contributed by atoms with E-state index in [9.17, 15) is 9.59 Å². The number of imide groups is 1. The van der Waals surface area contributed by atoms with Gasteiger partial charge in [0.25, 0.3) is 5.91 Å². The van der Waals surface area contributed by atoms with Gasteiger partial charge in [-0.05, 0) is 26.3 Å². The van der Waals surface area contributed by atoms with Crippen molar-refractivity contribution < 1.29 is 14.9 Å². The molecule has 0 fully saturated rings. The Bertz CT molecular complexity index is 494. The smallest absolute Gasteiger partial charge is 0.321 e. The van der Waals surface area contributed by atoms with Crippen molar-refractivity contribution in [1.82, 2.24) is 10.6 Å². The molecule has 0 spiro atoms. The first-order valence-corrected chi connectivity index (χ1v) is 7.50. The molecule has 2 atom stereocenters. The number of rotatable bonds is 6. The third-order valence-corrected chi connectivity index (χ3v) is 3.64. The Morgan fingerprint density at radius 2 is 1.95 bits per heavy atom. The number of hydrogen-bond donors (Lipinski definition) is 3. The van der Waals surface area contributed by atoms with Crippen molar-refractivity contribution >= 4 is 23.5 Å². The number of halogens is 1. The van der Waals surface area contributed by atoms with Gasteiger partial charge in [-0.3, -0.25) is 10.1 Å². The molecular formula is C15H23ClN3O2+. The molecule has 0 saturated heterocycles. The molecule has 21 heavy (non-hydrogen) atoms. The van der Waals surface area contributed by atoms with E-state index < -0.39 is 6.03 Å². The van der Waals surface area contributed by atoms with Crippen LogP contribution < -0.4 is 16.0 Å². The predicted molar refractivity (Wildman–Crippen MR) is 83.1 cm³/mol. The first-order valence-electron chi connectivity index (χ1n) is 7.12. The highest BCUT2D eigenvalue weighted by atomic mass is 35.5. The van der Waals surface area contributed by atoms with Crippen molar-refractivity contribution in [1.29, 1.82) is 0 Å². The van der Waals surface area contributed by atoms with Gasteiger partial charge in [0.2, 0.25) is 0 Å². The number of carbonyl (C=O) groups excluding carboxylic acids is 2. The lowest BCUT2D eigenvalue weighted by Gasteiger charge is -2.13. The molecule has 0 aromatic heterocycles. The second-order valence-electron chi connectivity index (χ2n) is 5.08. The third kappa shape index (κ3) is 6.14. The molecule has 1 aromatic rings. The zero-order valence-corrected chi connectivity index (χ0v) is 13.4. The number of quaternary nitrogens is 1. The van der Waals surface area contributed by atoms with E-state index in [1.54, 1.807) is 0 Å². The monoisotopic (exact) mass is 312 g/mol. The minimum atomic E-state index is -0.451. The van der Waals surface area contributed by atoms with E-state index in [-0.39, 0.29) is 24.5 Å². The SMILES string of the molecule is CC[C@H](C)NC(=O)NC(=O)C[NH2+][C@@H](C)c1ccccc1Cl. The summed E-state index contributed by atoms with van der Waals surface area (Å²) < 4.78 is 0. The lowest BCUT2D eigenvalue weighted by Crippen LogP contribution is -2.87. The number of carbonyl (C=O) groups is 2. The summed E-state index contributed by atoms with van der Waals surface area (Å²) in [6, 6.07) is 7.16. The highest BCUT2D eigenvalue weighted by Gasteiger charge is 2.15. The highest BCUT2D eigenvalue weighted by molar-refractivity contribution is 6.31. The van der Waals surface area contributed by atoms with Crippen LogP contribution in [0, 0.1) is 0 Å². The lowest BCUT2D eigenvalue weighted by atomic mass is 10.1. The zero-order valence-electron chi connectivity index (χ0n) is 12.7. The van der Waals surface area contributed by atoms with Crippen molar-refractivity contribution in [3.05, 3.63) is 34.9 Å². The zero-order chi connectivity index (χ0) is 15.8. The summed E-state index contributed by atoms with van der Waals surface area (Å²) in [5.41, 5.74) is 0.969. The first-order chi connectivity index (χ1) is 9.93. The number of nitrogens with two attached hydrogens (primary N) is 1. The van der Waals surface area contributed by atoms with Gasteiger partial charge in [0.15, 0.2) is 6.54 Å². The van der Waals surface area contributed by atoms with Gasteiger partial charge in [-0.2, -0.15) is 0 Å². The normalized spacial score (nSPS) is 13.3. The van der Waals surface area contributed by atoms with E-state index in [4.69, 9.17) is 11.6 Å². The minimum Gasteiger partial charge on any atom is -0.335 e. The van der Waals surface area contributed by atoms with E-state index in [0.717, 1.165) is 12.0 Å². The van der Waals surface area contributed by atoms with Gasteiger partial charge in [-0.1, -0.05) is 36.7 Å². The van der Waals surface area contributed by atoms with Gasteiger partial charge in [0.05, 0.1) is 0 Å². The standard InChI is InChI=1S/C15H22ClN3O2/c1-4-10(2)18-15(21)19-14(20)9-17-11(3)12-7-5-6-8-13(12)16/h5-8,10-11,17H,4,9H2,1-3H3,(H2,18,19,20,21)/p+1/t10-,11-/m0/s1. The molecule has 116 valence electrons. The highest BCUT2D eigenvalue weighted by Crippen LogP contribution is 2.19. The molecule has 1 aromatic carbocycles. The number of nitrogens with one attached hydrogen (secondary N) is 2. The molecule has 6 heteroatoms. The van der Waals surface area contributed by atoms with Gasteiger partial charge >= 0.3 is 6.03 Å². The molecule has 0 saturated carbocycles. The van der Waals surface area contributed by atoms with Crippen molar-refractivity contribution in [2.75, 3.05) is 6.54 Å². The van der Waals surface area contributed by atoms with Crippen LogP contribution in [0.5, 0.6) is 0 Å². The van der Waals surface area contributed by atoms with E-state index in [0.29, 0.717) is 5.02 Å². The summed E-state index contributed by atoms with van der Waals surface area (Å²) >= 11 is 6.11. The maximum atomic E-state index is 11.7. The average Bonchev–Trinajstić information content (AvgIpc) is 2.44. The molecule has 0 bridgehead atoms. The van der Waals surface area contributed by atoms with Crippen LogP contribution in [0.25, 0.3) is 0 Å². The second-order valence-corrected chi connectivity index (χ2v) is 5.49. The Kier molecular flexibility index (Phi) is 7.19. The molecule has 5 nitrogen and oxygen atoms in total. The second kappa shape index (κ2) is 8.64. The Hall–Kier alpha value is -1.59. The number of hydrogen-bond acceptors (Lipinski definition) is 2. The summed E-state index contributed by atoms with van der Waals surface area (Å²) in [7, 11) is 0. The summed E-state index contributed by atoms with van der Waals surface area (Å²) in [5.74, 6) is -0.324. The summed E-state index contributed by atoms with van der Waals surface area (Å²) in [5, 5.41) is 7.51. The van der Waals surface area contributed by atoms with Crippen LogP contribution in [0.3, 0.4) is 0 Å². The van der Waals surface area contributed by atoms with E-state index in [1.807, 2.05) is 50.4 Å². The number of urea groups is 1. The van der Waals surface area contributed by atoms with Gasteiger partial charge in [0.1, 0.15) is 6.04 Å². The van der Waals surface area contributed by atoms with Crippen LogP contribution in [0.1, 0.15) is 38.8 Å². The number of amides is 3. The van der Waals surface area contributed by atoms with E-state index in [2.05, 4.69) is 10.6 Å². The summed E-state index contributed by atoms with van der Waals surface area (Å²) in [6.45, 7) is 5.98. The van der Waals surface area contributed by atoms with Crippen LogP contribution in [-0.4, -0.2) is 24.5 Å². The largest absolute Gasteiger partial charge is 0.335 e. The molecule has 3 amide bonds. The summed E-state index contributed by atoms with van der Waals surface area (Å²) in [4.78, 5) is 23.2. The topological polar surface area (TPSA) is 74.8 Å². The maximum Gasteiger partial charge on any atom is 0.321 e. The molecule has 0 aliphatic heterocycles. The lowest BCUT2D eigenvalue weighted by molar-refractivity contribution is -0.682. The van der Waals surface area contributed by atoms with E-state index >= 15 is 0 Å². The third-order valence-electron chi connectivity index (χ3n) is 3.30. The summed E-state index contributed by atoms with van der Waals surface area (Å²) in [6.07, 6.45) is 0.817. The Balaban J connectivity index is 2.39. The van der Waals surface area contributed by atoms with Crippen molar-refractivity contribution in [3.63, 3.8) is 0 Å². The van der Waals surface area contributed by atoms with E-state index in [1.165, 1.54) is 0 Å². The molecule has 4 N–H and O–H groups in total. The van der Waals surface area contributed by atoms with Crippen LogP contribution in [0.4, 0.5) is 4.79 Å². The quantitative estimate of drug-likeness (QED) is 0.746. The van der Waals surface area contributed by atoms with Crippen molar-refractivity contribution in [2.45, 2.75) is 39.3 Å².